The number of ether oxygens (including phenoxy) is 2. The molecule has 29 heavy (non-hydrogen) atoms. The lowest BCUT2D eigenvalue weighted by molar-refractivity contribution is -0.146. The lowest BCUT2D eigenvalue weighted by Crippen LogP contribution is -2.35. The van der Waals surface area contributed by atoms with Crippen molar-refractivity contribution >= 4 is 11.9 Å². The smallest absolute Gasteiger partial charge is 0.333 e. The summed E-state index contributed by atoms with van der Waals surface area (Å²) in [5.74, 6) is -1.42. The number of hydrogen-bond acceptors (Lipinski definition) is 4. The Balaban J connectivity index is 1.62. The zero-order valence-corrected chi connectivity index (χ0v) is 15.6. The van der Waals surface area contributed by atoms with Crippen molar-refractivity contribution in [2.24, 2.45) is 0 Å². The van der Waals surface area contributed by atoms with Crippen molar-refractivity contribution in [1.82, 2.24) is 5.32 Å². The number of esters is 1. The number of para-hydroxylation sites is 1. The summed E-state index contributed by atoms with van der Waals surface area (Å²) in [6.07, 6.45) is 0. The Morgan fingerprint density at radius 3 is 2.14 bits per heavy atom. The first-order valence-corrected chi connectivity index (χ1v) is 9.10. The van der Waals surface area contributed by atoms with Crippen LogP contribution in [0.5, 0.6) is 5.75 Å². The van der Waals surface area contributed by atoms with Gasteiger partial charge in [-0.2, -0.15) is 0 Å². The fourth-order valence-electron chi connectivity index (χ4n) is 2.67. The molecule has 1 N–H and O–H groups in total. The molecule has 0 aliphatic heterocycles. The van der Waals surface area contributed by atoms with E-state index in [0.29, 0.717) is 11.1 Å². The maximum absolute atomic E-state index is 13.5. The fraction of sp³-hybridized carbons (Fsp3) is 0.130. The molecule has 0 aromatic heterocycles. The highest BCUT2D eigenvalue weighted by Gasteiger charge is 2.24. The molecular weight excluding hydrogens is 373 g/mol. The molecule has 5 nitrogen and oxygen atoms in total. The predicted octanol–water partition coefficient (Wildman–Crippen LogP) is 3.92. The minimum Gasteiger partial charge on any atom is -0.487 e. The predicted molar refractivity (Wildman–Crippen MR) is 106 cm³/mol. The number of benzene rings is 3. The molecular formula is C23H20FNO4. The third-order valence-electron chi connectivity index (χ3n) is 4.10. The van der Waals surface area contributed by atoms with Crippen LogP contribution in [0.15, 0.2) is 84.9 Å². The number of carbonyl (C=O) groups is 2. The van der Waals surface area contributed by atoms with Gasteiger partial charge in [-0.25, -0.2) is 9.18 Å². The quantitative estimate of drug-likeness (QED) is 0.465. The van der Waals surface area contributed by atoms with Crippen molar-refractivity contribution in [2.45, 2.75) is 6.04 Å². The number of halogens is 1. The normalized spacial score (nSPS) is 11.3. The second kappa shape index (κ2) is 10.0. The van der Waals surface area contributed by atoms with Gasteiger partial charge in [0.1, 0.15) is 13.2 Å². The van der Waals surface area contributed by atoms with E-state index in [1.807, 2.05) is 6.07 Å². The second-order valence-electron chi connectivity index (χ2n) is 6.13. The minimum absolute atomic E-state index is 0.0131. The molecule has 1 unspecified atom stereocenters. The Labute approximate surface area is 168 Å². The van der Waals surface area contributed by atoms with Gasteiger partial charge in [0, 0.05) is 5.56 Å². The van der Waals surface area contributed by atoms with Gasteiger partial charge in [-0.05, 0) is 29.8 Å². The summed E-state index contributed by atoms with van der Waals surface area (Å²) in [4.78, 5) is 25.1. The Kier molecular flexibility index (Phi) is 6.95. The number of carbonyl (C=O) groups excluding carboxylic acids is 2. The van der Waals surface area contributed by atoms with E-state index in [-0.39, 0.29) is 24.9 Å². The summed E-state index contributed by atoms with van der Waals surface area (Å²) in [6.45, 7) is -0.0987. The maximum Gasteiger partial charge on any atom is 0.333 e. The summed E-state index contributed by atoms with van der Waals surface area (Å²) >= 11 is 0. The van der Waals surface area contributed by atoms with Crippen LogP contribution in [0.2, 0.25) is 0 Å². The molecule has 6 heteroatoms. The van der Waals surface area contributed by atoms with Gasteiger partial charge in [-0.3, -0.25) is 4.79 Å². The van der Waals surface area contributed by atoms with Crippen LogP contribution in [0.3, 0.4) is 0 Å². The van der Waals surface area contributed by atoms with Crippen LogP contribution in [-0.2, 0) is 9.53 Å². The van der Waals surface area contributed by atoms with Crippen LogP contribution in [0.4, 0.5) is 4.39 Å². The molecule has 1 atom stereocenters. The summed E-state index contributed by atoms with van der Waals surface area (Å²) in [6, 6.07) is 22.4. The Morgan fingerprint density at radius 2 is 1.45 bits per heavy atom. The molecule has 3 aromatic carbocycles. The van der Waals surface area contributed by atoms with Crippen LogP contribution in [-0.4, -0.2) is 25.1 Å². The molecule has 3 rings (SSSR count). The van der Waals surface area contributed by atoms with E-state index >= 15 is 0 Å². The monoisotopic (exact) mass is 393 g/mol. The lowest BCUT2D eigenvalue weighted by Gasteiger charge is -2.18. The molecule has 1 amide bonds. The zero-order chi connectivity index (χ0) is 20.5. The van der Waals surface area contributed by atoms with Crippen LogP contribution < -0.4 is 10.1 Å². The van der Waals surface area contributed by atoms with E-state index in [1.54, 1.807) is 66.7 Å². The number of nitrogens with one attached hydrogen (secondary N) is 1. The summed E-state index contributed by atoms with van der Waals surface area (Å²) in [7, 11) is 0. The molecule has 0 radical (unpaired) electrons. The summed E-state index contributed by atoms with van der Waals surface area (Å²) in [5, 5.41) is 2.70. The molecule has 3 aromatic rings. The van der Waals surface area contributed by atoms with Crippen LogP contribution in [0.25, 0.3) is 0 Å². The van der Waals surface area contributed by atoms with Gasteiger partial charge in [-0.15, -0.1) is 0 Å². The second-order valence-corrected chi connectivity index (χ2v) is 6.13. The average Bonchev–Trinajstić information content (AvgIpc) is 2.77. The number of hydrogen-bond donors (Lipinski definition) is 1. The highest BCUT2D eigenvalue weighted by molar-refractivity contribution is 5.97. The van der Waals surface area contributed by atoms with E-state index in [4.69, 9.17) is 9.47 Å². The van der Waals surface area contributed by atoms with Crippen LogP contribution >= 0.6 is 0 Å². The van der Waals surface area contributed by atoms with Gasteiger partial charge < -0.3 is 14.8 Å². The van der Waals surface area contributed by atoms with E-state index in [9.17, 15) is 14.0 Å². The molecule has 0 bridgehead atoms. The molecule has 0 heterocycles. The number of rotatable bonds is 8. The van der Waals surface area contributed by atoms with Crippen LogP contribution in [0, 0.1) is 5.82 Å². The first-order valence-electron chi connectivity index (χ1n) is 9.10. The molecule has 0 aliphatic rings. The molecule has 0 fully saturated rings. The first-order chi connectivity index (χ1) is 14.1. The van der Waals surface area contributed by atoms with E-state index in [2.05, 4.69) is 5.32 Å². The Bertz CT molecular complexity index is 947. The SMILES string of the molecule is O=C(NC(C(=O)OCCOc1ccccc1F)c1ccccc1)c1ccccc1. The third kappa shape index (κ3) is 5.65. The largest absolute Gasteiger partial charge is 0.487 e. The molecule has 0 saturated carbocycles. The van der Waals surface area contributed by atoms with Crippen LogP contribution in [0.1, 0.15) is 22.0 Å². The Hall–Kier alpha value is -3.67. The van der Waals surface area contributed by atoms with E-state index in [0.717, 1.165) is 0 Å². The minimum atomic E-state index is -0.975. The van der Waals surface area contributed by atoms with Gasteiger partial charge in [-0.1, -0.05) is 60.7 Å². The lowest BCUT2D eigenvalue weighted by atomic mass is 10.1. The van der Waals surface area contributed by atoms with E-state index in [1.165, 1.54) is 12.1 Å². The topological polar surface area (TPSA) is 64.6 Å². The highest BCUT2D eigenvalue weighted by atomic mass is 19.1. The molecule has 0 spiro atoms. The summed E-state index contributed by atoms with van der Waals surface area (Å²) in [5.41, 5.74) is 1.03. The maximum atomic E-state index is 13.5. The van der Waals surface area contributed by atoms with Crippen molar-refractivity contribution in [3.05, 3.63) is 102 Å². The van der Waals surface area contributed by atoms with Crippen molar-refractivity contribution in [1.29, 1.82) is 0 Å². The van der Waals surface area contributed by atoms with Crippen molar-refractivity contribution in [3.8, 4) is 5.75 Å². The van der Waals surface area contributed by atoms with Gasteiger partial charge in [0.25, 0.3) is 5.91 Å². The van der Waals surface area contributed by atoms with Crippen molar-refractivity contribution in [2.75, 3.05) is 13.2 Å². The Morgan fingerprint density at radius 1 is 0.828 bits per heavy atom. The third-order valence-corrected chi connectivity index (χ3v) is 4.10. The zero-order valence-electron chi connectivity index (χ0n) is 15.6. The molecule has 148 valence electrons. The van der Waals surface area contributed by atoms with Gasteiger partial charge in [0.05, 0.1) is 0 Å². The van der Waals surface area contributed by atoms with Crippen molar-refractivity contribution < 1.29 is 23.5 Å². The number of amides is 1. The fourth-order valence-corrected chi connectivity index (χ4v) is 2.67. The summed E-state index contributed by atoms with van der Waals surface area (Å²) < 4.78 is 24.1. The van der Waals surface area contributed by atoms with Gasteiger partial charge in [0.15, 0.2) is 17.6 Å². The highest BCUT2D eigenvalue weighted by Crippen LogP contribution is 2.17. The molecule has 0 saturated heterocycles. The first kappa shape index (κ1) is 20.1. The van der Waals surface area contributed by atoms with E-state index < -0.39 is 17.8 Å². The van der Waals surface area contributed by atoms with Gasteiger partial charge in [0.2, 0.25) is 0 Å². The average molecular weight is 393 g/mol. The van der Waals surface area contributed by atoms with Gasteiger partial charge >= 0.3 is 5.97 Å². The van der Waals surface area contributed by atoms with Crippen molar-refractivity contribution in [3.63, 3.8) is 0 Å². The molecule has 0 aliphatic carbocycles. The standard InChI is InChI=1S/C23H20FNO4/c24-19-13-7-8-14-20(19)28-15-16-29-23(27)21(17-9-3-1-4-10-17)25-22(26)18-11-5-2-6-12-18/h1-14,21H,15-16H2,(H,25,26).